The third-order valence-corrected chi connectivity index (χ3v) is 2.20. The maximum absolute atomic E-state index is 5.06. The molecule has 70 valence electrons. The summed E-state index contributed by atoms with van der Waals surface area (Å²) in [5.41, 5.74) is 1.02. The van der Waals surface area contributed by atoms with Crippen LogP contribution < -0.4 is 5.32 Å². The van der Waals surface area contributed by atoms with E-state index < -0.39 is 0 Å². The average Bonchev–Trinajstić information content (AvgIpc) is 2.18. The first-order valence-corrected chi connectivity index (χ1v) is 4.47. The van der Waals surface area contributed by atoms with Crippen molar-refractivity contribution >= 4 is 17.3 Å². The topological polar surface area (TPSA) is 28.2 Å². The number of aromatic nitrogens is 1. The van der Waals surface area contributed by atoms with Crippen molar-refractivity contribution in [2.75, 3.05) is 14.1 Å². The smallest absolute Gasteiger partial charge is 0.168 e. The maximum Gasteiger partial charge on any atom is 0.168 e. The van der Waals surface area contributed by atoms with Gasteiger partial charge in [-0.15, -0.1) is 0 Å². The van der Waals surface area contributed by atoms with Gasteiger partial charge in [-0.1, -0.05) is 6.07 Å². The monoisotopic (exact) mass is 195 g/mol. The van der Waals surface area contributed by atoms with Gasteiger partial charge in [-0.2, -0.15) is 0 Å². The molecule has 0 atom stereocenters. The molecule has 0 aliphatic carbocycles. The highest BCUT2D eigenvalue weighted by Crippen LogP contribution is 1.98. The normalized spacial score (nSPS) is 9.38. The molecule has 1 rings (SSSR count). The van der Waals surface area contributed by atoms with Crippen LogP contribution in [-0.4, -0.2) is 29.1 Å². The molecule has 0 aromatic carbocycles. The Morgan fingerprint density at radius 1 is 1.62 bits per heavy atom. The first-order chi connectivity index (χ1) is 6.24. The van der Waals surface area contributed by atoms with Gasteiger partial charge < -0.3 is 10.2 Å². The van der Waals surface area contributed by atoms with Crippen LogP contribution in [0.3, 0.4) is 0 Å². The molecule has 0 aliphatic heterocycles. The van der Waals surface area contributed by atoms with Crippen LogP contribution >= 0.6 is 12.2 Å². The Bertz CT molecular complexity index is 273. The average molecular weight is 195 g/mol. The standard InChI is InChI=1S/C9H13N3S/c1-10-9(13)12(2)7-8-5-3-4-6-11-8/h3-6H,7H2,1-2H3,(H,10,13). The molecule has 1 aromatic rings. The van der Waals surface area contributed by atoms with Crippen LogP contribution in [0.2, 0.25) is 0 Å². The molecule has 0 saturated heterocycles. The number of nitrogens with zero attached hydrogens (tertiary/aromatic N) is 2. The molecule has 0 spiro atoms. The molecule has 1 N–H and O–H groups in total. The fraction of sp³-hybridized carbons (Fsp3) is 0.333. The van der Waals surface area contributed by atoms with Crippen LogP contribution in [0, 0.1) is 0 Å². The minimum Gasteiger partial charge on any atom is -0.366 e. The van der Waals surface area contributed by atoms with E-state index in [1.807, 2.05) is 37.2 Å². The Morgan fingerprint density at radius 2 is 2.38 bits per heavy atom. The van der Waals surface area contributed by atoms with Gasteiger partial charge in [0.05, 0.1) is 12.2 Å². The highest BCUT2D eigenvalue weighted by Gasteiger charge is 2.02. The van der Waals surface area contributed by atoms with E-state index in [2.05, 4.69) is 10.3 Å². The van der Waals surface area contributed by atoms with E-state index in [0.29, 0.717) is 0 Å². The van der Waals surface area contributed by atoms with E-state index in [1.165, 1.54) is 0 Å². The van der Waals surface area contributed by atoms with Crippen LogP contribution in [-0.2, 0) is 6.54 Å². The highest BCUT2D eigenvalue weighted by molar-refractivity contribution is 7.80. The number of nitrogens with one attached hydrogen (secondary N) is 1. The molecular formula is C9H13N3S. The summed E-state index contributed by atoms with van der Waals surface area (Å²) < 4.78 is 0. The SMILES string of the molecule is CNC(=S)N(C)Cc1ccccn1. The molecule has 0 fully saturated rings. The summed E-state index contributed by atoms with van der Waals surface area (Å²) in [6, 6.07) is 5.85. The summed E-state index contributed by atoms with van der Waals surface area (Å²) in [6.45, 7) is 0.737. The van der Waals surface area contributed by atoms with Crippen molar-refractivity contribution in [2.45, 2.75) is 6.54 Å². The molecule has 0 saturated carbocycles. The van der Waals surface area contributed by atoms with Crippen molar-refractivity contribution in [3.8, 4) is 0 Å². The van der Waals surface area contributed by atoms with E-state index in [4.69, 9.17) is 12.2 Å². The number of hydrogen-bond acceptors (Lipinski definition) is 2. The van der Waals surface area contributed by atoms with Gasteiger partial charge in [0.2, 0.25) is 0 Å². The van der Waals surface area contributed by atoms with E-state index in [-0.39, 0.29) is 0 Å². The lowest BCUT2D eigenvalue weighted by atomic mass is 10.3. The van der Waals surface area contributed by atoms with Crippen LogP contribution in [0.25, 0.3) is 0 Å². The summed E-state index contributed by atoms with van der Waals surface area (Å²) in [7, 11) is 3.75. The quantitative estimate of drug-likeness (QED) is 0.713. The molecule has 1 aromatic heterocycles. The molecule has 3 nitrogen and oxygen atoms in total. The molecule has 0 bridgehead atoms. The highest BCUT2D eigenvalue weighted by atomic mass is 32.1. The van der Waals surface area contributed by atoms with Crippen LogP contribution in [0.5, 0.6) is 0 Å². The van der Waals surface area contributed by atoms with Gasteiger partial charge in [0.15, 0.2) is 5.11 Å². The fourth-order valence-corrected chi connectivity index (χ4v) is 1.06. The van der Waals surface area contributed by atoms with E-state index in [9.17, 15) is 0 Å². The molecule has 13 heavy (non-hydrogen) atoms. The minimum absolute atomic E-state index is 0.727. The van der Waals surface area contributed by atoms with Crippen molar-refractivity contribution in [2.24, 2.45) is 0 Å². The van der Waals surface area contributed by atoms with Gasteiger partial charge in [-0.05, 0) is 24.4 Å². The largest absolute Gasteiger partial charge is 0.366 e. The number of hydrogen-bond donors (Lipinski definition) is 1. The Hall–Kier alpha value is -1.16. The summed E-state index contributed by atoms with van der Waals surface area (Å²) in [5.74, 6) is 0. The Morgan fingerprint density at radius 3 is 2.92 bits per heavy atom. The summed E-state index contributed by atoms with van der Waals surface area (Å²) in [4.78, 5) is 6.15. The van der Waals surface area contributed by atoms with Gasteiger partial charge in [0.25, 0.3) is 0 Å². The van der Waals surface area contributed by atoms with Gasteiger partial charge in [-0.3, -0.25) is 4.98 Å². The Balaban J connectivity index is 2.55. The first kappa shape index (κ1) is 9.92. The van der Waals surface area contributed by atoms with Crippen molar-refractivity contribution < 1.29 is 0 Å². The lowest BCUT2D eigenvalue weighted by Crippen LogP contribution is -2.34. The first-order valence-electron chi connectivity index (χ1n) is 4.07. The van der Waals surface area contributed by atoms with Crippen molar-refractivity contribution in [3.63, 3.8) is 0 Å². The Kier molecular flexibility index (Phi) is 3.64. The fourth-order valence-electron chi connectivity index (χ4n) is 0.997. The molecule has 0 amide bonds. The number of rotatable bonds is 2. The zero-order chi connectivity index (χ0) is 9.68. The van der Waals surface area contributed by atoms with Gasteiger partial charge in [-0.25, -0.2) is 0 Å². The molecule has 0 unspecified atom stereocenters. The molecule has 0 aliphatic rings. The van der Waals surface area contributed by atoms with E-state index >= 15 is 0 Å². The second-order valence-electron chi connectivity index (χ2n) is 2.73. The Labute approximate surface area is 83.8 Å². The second-order valence-corrected chi connectivity index (χ2v) is 3.12. The molecular weight excluding hydrogens is 182 g/mol. The summed E-state index contributed by atoms with van der Waals surface area (Å²) >= 11 is 5.06. The third kappa shape index (κ3) is 2.99. The van der Waals surface area contributed by atoms with E-state index in [0.717, 1.165) is 17.4 Å². The van der Waals surface area contributed by atoms with Crippen LogP contribution in [0.4, 0.5) is 0 Å². The van der Waals surface area contributed by atoms with Crippen LogP contribution in [0.1, 0.15) is 5.69 Å². The molecule has 0 radical (unpaired) electrons. The molecule has 4 heteroatoms. The molecule has 1 heterocycles. The van der Waals surface area contributed by atoms with Gasteiger partial charge >= 0.3 is 0 Å². The number of thiocarbonyl (C=S) groups is 1. The lowest BCUT2D eigenvalue weighted by Gasteiger charge is -2.18. The van der Waals surface area contributed by atoms with Crippen molar-refractivity contribution in [3.05, 3.63) is 30.1 Å². The third-order valence-electron chi connectivity index (χ3n) is 1.69. The number of pyridine rings is 1. The van der Waals surface area contributed by atoms with Gasteiger partial charge in [0.1, 0.15) is 0 Å². The summed E-state index contributed by atoms with van der Waals surface area (Å²) in [6.07, 6.45) is 1.78. The van der Waals surface area contributed by atoms with Gasteiger partial charge in [0, 0.05) is 20.3 Å². The van der Waals surface area contributed by atoms with Crippen molar-refractivity contribution in [1.82, 2.24) is 15.2 Å². The minimum atomic E-state index is 0.727. The maximum atomic E-state index is 5.06. The lowest BCUT2D eigenvalue weighted by molar-refractivity contribution is 0.487. The zero-order valence-electron chi connectivity index (χ0n) is 7.82. The predicted octanol–water partition coefficient (Wildman–Crippen LogP) is 1.02. The zero-order valence-corrected chi connectivity index (χ0v) is 8.64. The summed E-state index contributed by atoms with van der Waals surface area (Å²) in [5, 5.41) is 3.64. The van der Waals surface area contributed by atoms with Crippen molar-refractivity contribution in [1.29, 1.82) is 0 Å². The second kappa shape index (κ2) is 4.77. The van der Waals surface area contributed by atoms with E-state index in [1.54, 1.807) is 6.20 Å². The van der Waals surface area contributed by atoms with Crippen LogP contribution in [0.15, 0.2) is 24.4 Å². The predicted molar refractivity (Wildman–Crippen MR) is 57.4 cm³/mol.